The fourth-order valence-corrected chi connectivity index (χ4v) is 2.17. The summed E-state index contributed by atoms with van der Waals surface area (Å²) in [4.78, 5) is 15.8. The lowest BCUT2D eigenvalue weighted by Gasteiger charge is -2.26. The molecule has 20 heavy (non-hydrogen) atoms. The summed E-state index contributed by atoms with van der Waals surface area (Å²) < 4.78 is 1.77. The van der Waals surface area contributed by atoms with E-state index < -0.39 is 0 Å². The molecule has 0 atom stereocenters. The van der Waals surface area contributed by atoms with E-state index in [2.05, 4.69) is 20.7 Å². The molecule has 0 spiro atoms. The van der Waals surface area contributed by atoms with Gasteiger partial charge >= 0.3 is 0 Å². The Labute approximate surface area is 117 Å². The Hall–Kier alpha value is -2.21. The van der Waals surface area contributed by atoms with Crippen LogP contribution in [0, 0.1) is 5.92 Å². The topological polar surface area (TPSA) is 71.8 Å². The van der Waals surface area contributed by atoms with Crippen molar-refractivity contribution in [3.8, 4) is 0 Å². The molecule has 1 amide bonds. The molecular formula is C14H17N5O. The summed E-state index contributed by atoms with van der Waals surface area (Å²) >= 11 is 0. The van der Waals surface area contributed by atoms with Crippen molar-refractivity contribution in [1.29, 1.82) is 0 Å². The van der Waals surface area contributed by atoms with Crippen molar-refractivity contribution < 1.29 is 4.79 Å². The zero-order chi connectivity index (χ0) is 13.8. The van der Waals surface area contributed by atoms with Crippen molar-refractivity contribution in [1.82, 2.24) is 25.4 Å². The molecule has 1 aliphatic heterocycles. The van der Waals surface area contributed by atoms with Crippen LogP contribution in [-0.4, -0.2) is 33.8 Å². The standard InChI is InChI=1S/C14H17N5O/c20-14(13-5-15-6-13)17-7-11-3-1-2-4-12(11)8-19-10-16-9-18-19/h1-4,9-10,13,15H,5-8H2,(H,17,20). The maximum atomic E-state index is 11.8. The predicted molar refractivity (Wildman–Crippen MR) is 73.8 cm³/mol. The largest absolute Gasteiger partial charge is 0.352 e. The van der Waals surface area contributed by atoms with Crippen molar-refractivity contribution in [2.45, 2.75) is 13.1 Å². The number of benzene rings is 1. The van der Waals surface area contributed by atoms with E-state index in [4.69, 9.17) is 0 Å². The van der Waals surface area contributed by atoms with Gasteiger partial charge in [-0.25, -0.2) is 9.67 Å². The fourth-order valence-electron chi connectivity index (χ4n) is 2.17. The molecular weight excluding hydrogens is 254 g/mol. The number of amides is 1. The molecule has 1 fully saturated rings. The van der Waals surface area contributed by atoms with Crippen molar-refractivity contribution in [2.75, 3.05) is 13.1 Å². The molecule has 104 valence electrons. The average molecular weight is 271 g/mol. The summed E-state index contributed by atoms with van der Waals surface area (Å²) in [7, 11) is 0. The van der Waals surface area contributed by atoms with E-state index in [0.717, 1.165) is 24.2 Å². The predicted octanol–water partition coefficient (Wildman–Crippen LogP) is 0.162. The van der Waals surface area contributed by atoms with Crippen LogP contribution in [0.25, 0.3) is 0 Å². The van der Waals surface area contributed by atoms with Gasteiger partial charge in [-0.15, -0.1) is 0 Å². The molecule has 2 heterocycles. The molecule has 6 nitrogen and oxygen atoms in total. The molecule has 3 rings (SSSR count). The van der Waals surface area contributed by atoms with E-state index in [9.17, 15) is 4.79 Å². The maximum Gasteiger partial charge on any atom is 0.225 e. The lowest BCUT2D eigenvalue weighted by molar-refractivity contribution is -0.126. The minimum absolute atomic E-state index is 0.123. The lowest BCUT2D eigenvalue weighted by Crippen LogP contribution is -2.50. The molecule has 0 unspecified atom stereocenters. The Balaban J connectivity index is 1.64. The second-order valence-electron chi connectivity index (χ2n) is 4.93. The van der Waals surface area contributed by atoms with Crippen LogP contribution in [0.5, 0.6) is 0 Å². The Kier molecular flexibility index (Phi) is 3.73. The minimum Gasteiger partial charge on any atom is -0.352 e. The van der Waals surface area contributed by atoms with Crippen LogP contribution in [-0.2, 0) is 17.9 Å². The molecule has 1 aliphatic rings. The normalized spacial score (nSPS) is 14.8. The lowest BCUT2D eigenvalue weighted by atomic mass is 10.0. The van der Waals surface area contributed by atoms with Gasteiger partial charge in [0.05, 0.1) is 12.5 Å². The summed E-state index contributed by atoms with van der Waals surface area (Å²) in [5.41, 5.74) is 2.26. The number of hydrogen-bond acceptors (Lipinski definition) is 4. The summed E-state index contributed by atoms with van der Waals surface area (Å²) in [6, 6.07) is 8.06. The highest BCUT2D eigenvalue weighted by atomic mass is 16.2. The first-order valence-corrected chi connectivity index (χ1v) is 6.70. The minimum atomic E-state index is 0.123. The van der Waals surface area contributed by atoms with Crippen LogP contribution in [0.3, 0.4) is 0 Å². The molecule has 0 bridgehead atoms. The fraction of sp³-hybridized carbons (Fsp3) is 0.357. The Morgan fingerprint density at radius 1 is 1.35 bits per heavy atom. The zero-order valence-corrected chi connectivity index (χ0v) is 11.1. The van der Waals surface area contributed by atoms with Crippen LogP contribution < -0.4 is 10.6 Å². The highest BCUT2D eigenvalue weighted by molar-refractivity contribution is 5.80. The van der Waals surface area contributed by atoms with E-state index in [1.54, 1.807) is 11.0 Å². The van der Waals surface area contributed by atoms with Crippen molar-refractivity contribution in [2.24, 2.45) is 5.92 Å². The van der Waals surface area contributed by atoms with Crippen molar-refractivity contribution >= 4 is 5.91 Å². The Morgan fingerprint density at radius 2 is 2.15 bits per heavy atom. The number of aromatic nitrogens is 3. The summed E-state index contributed by atoms with van der Waals surface area (Å²) in [6.07, 6.45) is 3.21. The first-order valence-electron chi connectivity index (χ1n) is 6.70. The highest BCUT2D eigenvalue weighted by Crippen LogP contribution is 2.11. The number of nitrogens with one attached hydrogen (secondary N) is 2. The van der Waals surface area contributed by atoms with Gasteiger partial charge < -0.3 is 10.6 Å². The molecule has 6 heteroatoms. The molecule has 0 radical (unpaired) electrons. The Bertz CT molecular complexity index is 577. The van der Waals surface area contributed by atoms with Gasteiger partial charge in [0, 0.05) is 19.6 Å². The smallest absolute Gasteiger partial charge is 0.225 e. The van der Waals surface area contributed by atoms with Gasteiger partial charge in [-0.1, -0.05) is 24.3 Å². The average Bonchev–Trinajstić information content (AvgIpc) is 2.88. The Morgan fingerprint density at radius 3 is 2.80 bits per heavy atom. The van der Waals surface area contributed by atoms with E-state index in [-0.39, 0.29) is 11.8 Å². The zero-order valence-electron chi connectivity index (χ0n) is 11.1. The number of carbonyl (C=O) groups excluding carboxylic acids is 1. The van der Waals surface area contributed by atoms with Crippen LogP contribution in [0.4, 0.5) is 0 Å². The molecule has 0 aliphatic carbocycles. The third-order valence-corrected chi connectivity index (χ3v) is 3.52. The number of rotatable bonds is 5. The number of hydrogen-bond donors (Lipinski definition) is 2. The molecule has 2 aromatic rings. The van der Waals surface area contributed by atoms with Gasteiger partial charge in [0.1, 0.15) is 12.7 Å². The molecule has 1 aromatic carbocycles. The van der Waals surface area contributed by atoms with E-state index >= 15 is 0 Å². The van der Waals surface area contributed by atoms with Gasteiger partial charge in [0.2, 0.25) is 5.91 Å². The third kappa shape index (κ3) is 2.85. The van der Waals surface area contributed by atoms with Crippen molar-refractivity contribution in [3.05, 3.63) is 48.0 Å². The second-order valence-corrected chi connectivity index (χ2v) is 4.93. The summed E-state index contributed by atoms with van der Waals surface area (Å²) in [5.74, 6) is 0.247. The SMILES string of the molecule is O=C(NCc1ccccc1Cn1cncn1)C1CNC1. The molecule has 0 saturated carbocycles. The maximum absolute atomic E-state index is 11.8. The van der Waals surface area contributed by atoms with Gasteiger partial charge in [-0.3, -0.25) is 4.79 Å². The van der Waals surface area contributed by atoms with Crippen molar-refractivity contribution in [3.63, 3.8) is 0 Å². The van der Waals surface area contributed by atoms with Gasteiger partial charge in [0.25, 0.3) is 0 Å². The van der Waals surface area contributed by atoms with E-state index in [1.165, 1.54) is 6.33 Å². The number of carbonyl (C=O) groups is 1. The molecule has 2 N–H and O–H groups in total. The summed E-state index contributed by atoms with van der Waals surface area (Å²) in [6.45, 7) is 2.79. The quantitative estimate of drug-likeness (QED) is 0.812. The van der Waals surface area contributed by atoms with Crippen LogP contribution in [0.1, 0.15) is 11.1 Å². The highest BCUT2D eigenvalue weighted by Gasteiger charge is 2.24. The first kappa shape index (κ1) is 12.8. The summed E-state index contributed by atoms with van der Waals surface area (Å²) in [5, 5.41) is 10.2. The molecule has 1 saturated heterocycles. The van der Waals surface area contributed by atoms with Crippen LogP contribution in [0.15, 0.2) is 36.9 Å². The van der Waals surface area contributed by atoms with E-state index in [1.807, 2.05) is 24.3 Å². The van der Waals surface area contributed by atoms with Gasteiger partial charge in [0.15, 0.2) is 0 Å². The van der Waals surface area contributed by atoms with Gasteiger partial charge in [-0.2, -0.15) is 5.10 Å². The third-order valence-electron chi connectivity index (χ3n) is 3.52. The van der Waals surface area contributed by atoms with E-state index in [0.29, 0.717) is 13.1 Å². The van der Waals surface area contributed by atoms with Gasteiger partial charge in [-0.05, 0) is 11.1 Å². The second kappa shape index (κ2) is 5.83. The number of nitrogens with zero attached hydrogens (tertiary/aromatic N) is 3. The monoisotopic (exact) mass is 271 g/mol. The molecule has 1 aromatic heterocycles. The van der Waals surface area contributed by atoms with Crippen LogP contribution >= 0.6 is 0 Å². The first-order chi connectivity index (χ1) is 9.83. The van der Waals surface area contributed by atoms with Crippen LogP contribution in [0.2, 0.25) is 0 Å².